The number of aliphatic hydroxyl groups is 1. The van der Waals surface area contributed by atoms with Crippen molar-refractivity contribution < 1.29 is 14.6 Å². The number of ether oxygens (including phenoxy) is 2. The highest BCUT2D eigenvalue weighted by Crippen LogP contribution is 2.40. The van der Waals surface area contributed by atoms with Crippen molar-refractivity contribution in [1.29, 1.82) is 0 Å². The van der Waals surface area contributed by atoms with Crippen LogP contribution in [0.5, 0.6) is 0 Å². The molecule has 1 heterocycles. The summed E-state index contributed by atoms with van der Waals surface area (Å²) in [6, 6.07) is 5.14. The van der Waals surface area contributed by atoms with Crippen LogP contribution < -0.4 is 0 Å². The number of aliphatic hydroxyl groups excluding tert-OH is 1. The summed E-state index contributed by atoms with van der Waals surface area (Å²) in [5, 5.41) is 10.5. The normalized spacial score (nSPS) is 28.6. The van der Waals surface area contributed by atoms with Crippen molar-refractivity contribution in [2.75, 3.05) is 18.5 Å². The SMILES string of the molecule is OC[C@H]1CO[C@](CBr)(c2ccc(Cl)cc2Cl)O1. The first kappa shape index (κ1) is 13.6. The summed E-state index contributed by atoms with van der Waals surface area (Å²) in [5.74, 6) is -0.949. The first-order valence-corrected chi connectivity index (χ1v) is 6.93. The van der Waals surface area contributed by atoms with Crippen LogP contribution in [0.4, 0.5) is 0 Å². The molecule has 0 amide bonds. The molecule has 2 rings (SSSR count). The molecular formula is C11H11BrCl2O3. The minimum absolute atomic E-state index is 0.0834. The predicted molar refractivity (Wildman–Crippen MR) is 69.8 cm³/mol. The van der Waals surface area contributed by atoms with Crippen molar-refractivity contribution in [3.63, 3.8) is 0 Å². The summed E-state index contributed by atoms with van der Waals surface area (Å²) < 4.78 is 11.4. The van der Waals surface area contributed by atoms with E-state index >= 15 is 0 Å². The maximum Gasteiger partial charge on any atom is 0.206 e. The highest BCUT2D eigenvalue weighted by Gasteiger charge is 2.43. The third kappa shape index (κ3) is 2.62. The quantitative estimate of drug-likeness (QED) is 0.859. The molecular weight excluding hydrogens is 331 g/mol. The van der Waals surface area contributed by atoms with E-state index in [1.165, 1.54) is 0 Å². The number of halogens is 3. The molecule has 1 aliphatic rings. The lowest BCUT2D eigenvalue weighted by molar-refractivity contribution is -0.160. The molecule has 6 heteroatoms. The van der Waals surface area contributed by atoms with Crippen LogP contribution in [-0.2, 0) is 15.3 Å². The minimum atomic E-state index is -0.949. The lowest BCUT2D eigenvalue weighted by atomic mass is 10.1. The fourth-order valence-electron chi connectivity index (χ4n) is 1.74. The Hall–Kier alpha value is 0.160. The average Bonchev–Trinajstić information content (AvgIpc) is 2.74. The second kappa shape index (κ2) is 5.43. The van der Waals surface area contributed by atoms with E-state index in [1.807, 2.05) is 0 Å². The van der Waals surface area contributed by atoms with Gasteiger partial charge in [-0.1, -0.05) is 45.2 Å². The highest BCUT2D eigenvalue weighted by atomic mass is 79.9. The molecule has 0 spiro atoms. The lowest BCUT2D eigenvalue weighted by Crippen LogP contribution is -2.31. The number of rotatable bonds is 3. The zero-order valence-corrected chi connectivity index (χ0v) is 11.9. The van der Waals surface area contributed by atoms with Crippen molar-refractivity contribution in [1.82, 2.24) is 0 Å². The number of hydrogen-bond donors (Lipinski definition) is 1. The third-order valence-corrected chi connectivity index (χ3v) is 3.87. The van der Waals surface area contributed by atoms with Gasteiger partial charge in [0.25, 0.3) is 0 Å². The van der Waals surface area contributed by atoms with Gasteiger partial charge in [-0.05, 0) is 12.1 Å². The molecule has 0 aromatic heterocycles. The molecule has 1 aliphatic heterocycles. The molecule has 0 bridgehead atoms. The molecule has 1 aromatic rings. The maximum absolute atomic E-state index is 9.08. The van der Waals surface area contributed by atoms with Gasteiger partial charge in [0.05, 0.1) is 23.6 Å². The average molecular weight is 342 g/mol. The summed E-state index contributed by atoms with van der Waals surface area (Å²) in [4.78, 5) is 0. The molecule has 0 radical (unpaired) electrons. The maximum atomic E-state index is 9.08. The Kier molecular flexibility index (Phi) is 4.34. The van der Waals surface area contributed by atoms with Crippen LogP contribution >= 0.6 is 39.1 Å². The molecule has 1 N–H and O–H groups in total. The van der Waals surface area contributed by atoms with Gasteiger partial charge in [0.1, 0.15) is 6.10 Å². The number of hydrogen-bond acceptors (Lipinski definition) is 3. The van der Waals surface area contributed by atoms with Gasteiger partial charge < -0.3 is 14.6 Å². The number of benzene rings is 1. The molecule has 0 aliphatic carbocycles. The van der Waals surface area contributed by atoms with Crippen LogP contribution in [0.3, 0.4) is 0 Å². The smallest absolute Gasteiger partial charge is 0.206 e. The summed E-state index contributed by atoms with van der Waals surface area (Å²) in [5.41, 5.74) is 0.705. The van der Waals surface area contributed by atoms with Gasteiger partial charge in [-0.3, -0.25) is 0 Å². The Balaban J connectivity index is 2.35. The summed E-state index contributed by atoms with van der Waals surface area (Å²) >= 11 is 15.3. The highest BCUT2D eigenvalue weighted by molar-refractivity contribution is 9.09. The van der Waals surface area contributed by atoms with Gasteiger partial charge in [0.2, 0.25) is 5.79 Å². The number of alkyl halides is 1. The molecule has 0 saturated carbocycles. The van der Waals surface area contributed by atoms with Crippen molar-refractivity contribution in [2.45, 2.75) is 11.9 Å². The minimum Gasteiger partial charge on any atom is -0.394 e. The fraction of sp³-hybridized carbons (Fsp3) is 0.455. The molecule has 17 heavy (non-hydrogen) atoms. The predicted octanol–water partition coefficient (Wildman–Crippen LogP) is 2.95. The standard InChI is InChI=1S/C11H11BrCl2O3/c12-6-11(16-5-8(4-15)17-11)9-2-1-7(13)3-10(9)14/h1-3,8,15H,4-6H2/t8-,11-/m0/s1. The monoisotopic (exact) mass is 340 g/mol. The molecule has 2 atom stereocenters. The second-order valence-corrected chi connectivity index (χ2v) is 5.15. The van der Waals surface area contributed by atoms with Gasteiger partial charge >= 0.3 is 0 Å². The van der Waals surface area contributed by atoms with E-state index in [0.717, 1.165) is 0 Å². The van der Waals surface area contributed by atoms with Crippen LogP contribution in [0.25, 0.3) is 0 Å². The van der Waals surface area contributed by atoms with E-state index in [-0.39, 0.29) is 12.7 Å². The molecule has 94 valence electrons. The molecule has 1 aromatic carbocycles. The van der Waals surface area contributed by atoms with Crippen LogP contribution in [-0.4, -0.2) is 29.8 Å². The second-order valence-electron chi connectivity index (χ2n) is 3.74. The van der Waals surface area contributed by atoms with Crippen LogP contribution in [0.2, 0.25) is 10.0 Å². The molecule has 0 unspecified atom stereocenters. The summed E-state index contributed by atoms with van der Waals surface area (Å²) in [7, 11) is 0. The zero-order chi connectivity index (χ0) is 12.5. The van der Waals surface area contributed by atoms with Gasteiger partial charge in [-0.15, -0.1) is 0 Å². The largest absolute Gasteiger partial charge is 0.394 e. The first-order valence-electron chi connectivity index (χ1n) is 5.05. The van der Waals surface area contributed by atoms with E-state index in [2.05, 4.69) is 15.9 Å². The summed E-state index contributed by atoms with van der Waals surface area (Å²) in [6.07, 6.45) is -0.334. The van der Waals surface area contributed by atoms with Crippen molar-refractivity contribution in [3.8, 4) is 0 Å². The zero-order valence-electron chi connectivity index (χ0n) is 8.83. The molecule has 3 nitrogen and oxygen atoms in total. The van der Waals surface area contributed by atoms with Crippen LogP contribution in [0.1, 0.15) is 5.56 Å². The van der Waals surface area contributed by atoms with Crippen molar-refractivity contribution in [3.05, 3.63) is 33.8 Å². The molecule has 1 saturated heterocycles. The van der Waals surface area contributed by atoms with Crippen LogP contribution in [0.15, 0.2) is 18.2 Å². The van der Waals surface area contributed by atoms with E-state index in [1.54, 1.807) is 18.2 Å². The van der Waals surface area contributed by atoms with Gasteiger partial charge in [-0.2, -0.15) is 0 Å². The Morgan fingerprint density at radius 1 is 1.47 bits per heavy atom. The van der Waals surface area contributed by atoms with E-state index in [9.17, 15) is 0 Å². The Morgan fingerprint density at radius 2 is 2.24 bits per heavy atom. The third-order valence-electron chi connectivity index (χ3n) is 2.58. The topological polar surface area (TPSA) is 38.7 Å². The Labute approximate surface area is 118 Å². The Bertz CT molecular complexity index is 416. The van der Waals surface area contributed by atoms with Gasteiger partial charge in [0, 0.05) is 10.6 Å². The van der Waals surface area contributed by atoms with Crippen molar-refractivity contribution >= 4 is 39.1 Å². The Morgan fingerprint density at radius 3 is 2.76 bits per heavy atom. The van der Waals surface area contributed by atoms with Gasteiger partial charge in [-0.25, -0.2) is 0 Å². The molecule has 1 fully saturated rings. The van der Waals surface area contributed by atoms with E-state index < -0.39 is 5.79 Å². The van der Waals surface area contributed by atoms with E-state index in [4.69, 9.17) is 37.8 Å². The van der Waals surface area contributed by atoms with Crippen LogP contribution in [0, 0.1) is 0 Å². The fourth-order valence-corrected chi connectivity index (χ4v) is 2.89. The lowest BCUT2D eigenvalue weighted by Gasteiger charge is -2.27. The summed E-state index contributed by atoms with van der Waals surface area (Å²) in [6.45, 7) is 0.251. The first-order chi connectivity index (χ1) is 8.11. The van der Waals surface area contributed by atoms with Gasteiger partial charge in [0.15, 0.2) is 0 Å². The van der Waals surface area contributed by atoms with E-state index in [0.29, 0.717) is 27.5 Å². The van der Waals surface area contributed by atoms with Crippen molar-refractivity contribution in [2.24, 2.45) is 0 Å².